The third kappa shape index (κ3) is 2.74. The van der Waals surface area contributed by atoms with E-state index in [4.69, 9.17) is 5.73 Å². The first-order chi connectivity index (χ1) is 10.2. The number of benzene rings is 1. The zero-order valence-corrected chi connectivity index (χ0v) is 12.9. The number of imidazole rings is 1. The first-order valence-electron chi connectivity index (χ1n) is 7.76. The van der Waals surface area contributed by atoms with Crippen LogP contribution < -0.4 is 5.73 Å². The summed E-state index contributed by atoms with van der Waals surface area (Å²) in [7, 11) is 0. The highest BCUT2D eigenvalue weighted by atomic mass is 15.3. The fourth-order valence-corrected chi connectivity index (χ4v) is 3.27. The van der Waals surface area contributed by atoms with Crippen LogP contribution in [0.4, 0.5) is 0 Å². The Morgan fingerprint density at radius 2 is 2.10 bits per heavy atom. The molecule has 2 heterocycles. The van der Waals surface area contributed by atoms with E-state index < -0.39 is 0 Å². The van der Waals surface area contributed by atoms with Crippen molar-refractivity contribution in [1.82, 2.24) is 14.5 Å². The molecule has 0 saturated carbocycles. The Kier molecular flexibility index (Phi) is 4.08. The van der Waals surface area contributed by atoms with Gasteiger partial charge in [0.1, 0.15) is 5.82 Å². The SMILES string of the molecule is CCC(N)C(c1ccccc1C)N1CCn2ccnc2C1. The minimum absolute atomic E-state index is 0.146. The van der Waals surface area contributed by atoms with Crippen molar-refractivity contribution in [3.8, 4) is 0 Å². The molecular formula is C17H24N4. The highest BCUT2D eigenvalue weighted by molar-refractivity contribution is 5.30. The molecule has 0 radical (unpaired) electrons. The Labute approximate surface area is 126 Å². The Hall–Kier alpha value is -1.65. The molecule has 2 atom stereocenters. The van der Waals surface area contributed by atoms with E-state index in [2.05, 4.69) is 58.8 Å². The van der Waals surface area contributed by atoms with Gasteiger partial charge >= 0.3 is 0 Å². The van der Waals surface area contributed by atoms with Crippen molar-refractivity contribution in [2.24, 2.45) is 5.73 Å². The summed E-state index contributed by atoms with van der Waals surface area (Å²) < 4.78 is 2.24. The average Bonchev–Trinajstić information content (AvgIpc) is 2.97. The topological polar surface area (TPSA) is 47.1 Å². The van der Waals surface area contributed by atoms with E-state index >= 15 is 0 Å². The Morgan fingerprint density at radius 1 is 1.29 bits per heavy atom. The summed E-state index contributed by atoms with van der Waals surface area (Å²) in [6, 6.07) is 9.01. The summed E-state index contributed by atoms with van der Waals surface area (Å²) in [5.74, 6) is 1.14. The molecule has 0 bridgehead atoms. The molecule has 0 saturated heterocycles. The van der Waals surface area contributed by atoms with Crippen LogP contribution in [0.25, 0.3) is 0 Å². The molecule has 2 N–H and O–H groups in total. The van der Waals surface area contributed by atoms with Gasteiger partial charge in [-0.25, -0.2) is 4.98 Å². The predicted octanol–water partition coefficient (Wildman–Crippen LogP) is 2.49. The van der Waals surface area contributed by atoms with E-state index in [9.17, 15) is 0 Å². The second-order valence-corrected chi connectivity index (χ2v) is 5.88. The van der Waals surface area contributed by atoms with E-state index in [1.165, 1.54) is 11.1 Å². The first kappa shape index (κ1) is 14.3. The minimum Gasteiger partial charge on any atom is -0.333 e. The number of rotatable bonds is 4. The van der Waals surface area contributed by atoms with Crippen molar-refractivity contribution < 1.29 is 0 Å². The van der Waals surface area contributed by atoms with Gasteiger partial charge in [0.05, 0.1) is 12.6 Å². The average molecular weight is 284 g/mol. The quantitative estimate of drug-likeness (QED) is 0.938. The molecule has 0 spiro atoms. The van der Waals surface area contributed by atoms with E-state index in [1.807, 2.05) is 6.20 Å². The van der Waals surface area contributed by atoms with Gasteiger partial charge in [0.25, 0.3) is 0 Å². The van der Waals surface area contributed by atoms with Gasteiger partial charge in [0, 0.05) is 31.5 Å². The van der Waals surface area contributed by atoms with Crippen LogP contribution in [0.1, 0.15) is 36.3 Å². The van der Waals surface area contributed by atoms with Crippen molar-refractivity contribution in [3.05, 3.63) is 53.6 Å². The molecule has 1 aliphatic rings. The van der Waals surface area contributed by atoms with Crippen LogP contribution in [0.5, 0.6) is 0 Å². The molecule has 1 aliphatic heterocycles. The molecule has 21 heavy (non-hydrogen) atoms. The standard InChI is InChI=1S/C17H24N4/c1-3-15(18)17(14-7-5-4-6-13(14)2)21-11-10-20-9-8-19-16(20)12-21/h4-9,15,17H,3,10-12,18H2,1-2H3. The molecule has 2 aromatic rings. The third-order valence-corrected chi connectivity index (χ3v) is 4.55. The Morgan fingerprint density at radius 3 is 2.86 bits per heavy atom. The maximum absolute atomic E-state index is 6.48. The number of hydrogen-bond donors (Lipinski definition) is 1. The summed E-state index contributed by atoms with van der Waals surface area (Å²) in [5.41, 5.74) is 9.15. The first-order valence-corrected chi connectivity index (χ1v) is 7.76. The van der Waals surface area contributed by atoms with Crippen LogP contribution in [-0.2, 0) is 13.1 Å². The third-order valence-electron chi connectivity index (χ3n) is 4.55. The Balaban J connectivity index is 1.92. The molecular weight excluding hydrogens is 260 g/mol. The number of aryl methyl sites for hydroxylation is 1. The van der Waals surface area contributed by atoms with Gasteiger partial charge in [-0.15, -0.1) is 0 Å². The van der Waals surface area contributed by atoms with Gasteiger partial charge in [-0.3, -0.25) is 4.90 Å². The fraction of sp³-hybridized carbons (Fsp3) is 0.471. The zero-order chi connectivity index (χ0) is 14.8. The fourth-order valence-electron chi connectivity index (χ4n) is 3.27. The summed E-state index contributed by atoms with van der Waals surface area (Å²) in [6.45, 7) is 7.24. The largest absolute Gasteiger partial charge is 0.333 e. The lowest BCUT2D eigenvalue weighted by Crippen LogP contribution is -2.44. The molecule has 1 aromatic carbocycles. The summed E-state index contributed by atoms with van der Waals surface area (Å²) in [6.07, 6.45) is 4.93. The second-order valence-electron chi connectivity index (χ2n) is 5.88. The van der Waals surface area contributed by atoms with Gasteiger partial charge in [-0.05, 0) is 24.5 Å². The molecule has 0 fully saturated rings. The highest BCUT2D eigenvalue weighted by Crippen LogP contribution is 2.30. The van der Waals surface area contributed by atoms with Gasteiger partial charge in [-0.2, -0.15) is 0 Å². The second kappa shape index (κ2) is 6.00. The molecule has 112 valence electrons. The van der Waals surface area contributed by atoms with Crippen LogP contribution in [0.15, 0.2) is 36.7 Å². The van der Waals surface area contributed by atoms with Crippen LogP contribution in [0.2, 0.25) is 0 Å². The molecule has 4 heteroatoms. The van der Waals surface area contributed by atoms with Crippen molar-refractivity contribution in [1.29, 1.82) is 0 Å². The number of hydrogen-bond acceptors (Lipinski definition) is 3. The van der Waals surface area contributed by atoms with Crippen LogP contribution >= 0.6 is 0 Å². The molecule has 4 nitrogen and oxygen atoms in total. The maximum Gasteiger partial charge on any atom is 0.122 e. The van der Waals surface area contributed by atoms with Gasteiger partial charge < -0.3 is 10.3 Å². The van der Waals surface area contributed by atoms with Crippen molar-refractivity contribution in [3.63, 3.8) is 0 Å². The monoisotopic (exact) mass is 284 g/mol. The molecule has 1 aromatic heterocycles. The van der Waals surface area contributed by atoms with E-state index in [0.717, 1.165) is 31.9 Å². The lowest BCUT2D eigenvalue weighted by molar-refractivity contribution is 0.130. The van der Waals surface area contributed by atoms with Crippen LogP contribution in [0.3, 0.4) is 0 Å². The lowest BCUT2D eigenvalue weighted by Gasteiger charge is -2.38. The van der Waals surface area contributed by atoms with Crippen molar-refractivity contribution in [2.75, 3.05) is 6.54 Å². The van der Waals surface area contributed by atoms with Gasteiger partial charge in [0.2, 0.25) is 0 Å². The number of nitrogens with two attached hydrogens (primary N) is 1. The Bertz CT molecular complexity index is 604. The highest BCUT2D eigenvalue weighted by Gasteiger charge is 2.29. The normalized spacial score (nSPS) is 18.2. The van der Waals surface area contributed by atoms with Crippen molar-refractivity contribution in [2.45, 2.75) is 45.4 Å². The maximum atomic E-state index is 6.48. The number of fused-ring (bicyclic) bond motifs is 1. The molecule has 3 rings (SSSR count). The zero-order valence-electron chi connectivity index (χ0n) is 12.9. The van der Waals surface area contributed by atoms with Crippen molar-refractivity contribution >= 4 is 0 Å². The summed E-state index contributed by atoms with van der Waals surface area (Å²) in [4.78, 5) is 6.96. The van der Waals surface area contributed by atoms with Crippen LogP contribution in [-0.4, -0.2) is 27.0 Å². The van der Waals surface area contributed by atoms with Gasteiger partial charge in [-0.1, -0.05) is 31.2 Å². The van der Waals surface area contributed by atoms with Gasteiger partial charge in [0.15, 0.2) is 0 Å². The van der Waals surface area contributed by atoms with Crippen LogP contribution in [0, 0.1) is 6.92 Å². The molecule has 0 aliphatic carbocycles. The summed E-state index contributed by atoms with van der Waals surface area (Å²) >= 11 is 0. The number of nitrogens with zero attached hydrogens (tertiary/aromatic N) is 3. The van der Waals surface area contributed by atoms with E-state index in [0.29, 0.717) is 0 Å². The van der Waals surface area contributed by atoms with E-state index in [1.54, 1.807) is 0 Å². The van der Waals surface area contributed by atoms with E-state index in [-0.39, 0.29) is 12.1 Å². The lowest BCUT2D eigenvalue weighted by atomic mass is 9.92. The minimum atomic E-state index is 0.146. The number of aromatic nitrogens is 2. The summed E-state index contributed by atoms with van der Waals surface area (Å²) in [5, 5.41) is 0. The molecule has 2 unspecified atom stereocenters. The predicted molar refractivity (Wildman–Crippen MR) is 84.8 cm³/mol. The molecule has 0 amide bonds. The smallest absolute Gasteiger partial charge is 0.122 e.